The molecular formula is C24H24N2O3. The molecule has 0 aliphatic heterocycles. The zero-order valence-corrected chi connectivity index (χ0v) is 16.6. The van der Waals surface area contributed by atoms with Crippen molar-refractivity contribution in [3.63, 3.8) is 0 Å². The van der Waals surface area contributed by atoms with E-state index in [1.54, 1.807) is 30.5 Å². The van der Waals surface area contributed by atoms with Crippen molar-refractivity contribution in [1.82, 2.24) is 5.43 Å². The molecule has 5 nitrogen and oxygen atoms in total. The highest BCUT2D eigenvalue weighted by Gasteiger charge is 2.04. The van der Waals surface area contributed by atoms with Crippen LogP contribution in [0.25, 0.3) is 0 Å². The highest BCUT2D eigenvalue weighted by molar-refractivity contribution is 5.95. The predicted octanol–water partition coefficient (Wildman–Crippen LogP) is 4.74. The van der Waals surface area contributed by atoms with Gasteiger partial charge in [-0.25, -0.2) is 5.43 Å². The Morgan fingerprint density at radius 2 is 1.52 bits per heavy atom. The Labute approximate surface area is 171 Å². The van der Waals surface area contributed by atoms with E-state index in [2.05, 4.69) is 41.7 Å². The second kappa shape index (κ2) is 10.1. The molecule has 1 N–H and O–H groups in total. The fraction of sp³-hybridized carbons (Fsp3) is 0.167. The van der Waals surface area contributed by atoms with Gasteiger partial charge >= 0.3 is 0 Å². The maximum Gasteiger partial charge on any atom is 0.271 e. The van der Waals surface area contributed by atoms with Gasteiger partial charge in [-0.1, -0.05) is 29.8 Å². The first-order valence-corrected chi connectivity index (χ1v) is 9.48. The first-order chi connectivity index (χ1) is 14.1. The maximum absolute atomic E-state index is 12.1. The molecule has 3 aromatic rings. The number of benzene rings is 3. The molecule has 0 aliphatic carbocycles. The van der Waals surface area contributed by atoms with Gasteiger partial charge in [0.15, 0.2) is 0 Å². The molecule has 5 heteroatoms. The number of hydrazone groups is 1. The van der Waals surface area contributed by atoms with Crippen LogP contribution >= 0.6 is 0 Å². The Balaban J connectivity index is 1.49. The van der Waals surface area contributed by atoms with Crippen LogP contribution < -0.4 is 14.9 Å². The smallest absolute Gasteiger partial charge is 0.271 e. The molecule has 148 valence electrons. The van der Waals surface area contributed by atoms with Gasteiger partial charge < -0.3 is 9.47 Å². The van der Waals surface area contributed by atoms with E-state index < -0.39 is 0 Å². The number of ether oxygens (including phenoxy) is 2. The fourth-order valence-corrected chi connectivity index (χ4v) is 2.60. The minimum Gasteiger partial charge on any atom is -0.494 e. The lowest BCUT2D eigenvalue weighted by molar-refractivity contribution is 0.0955. The zero-order chi connectivity index (χ0) is 20.5. The molecule has 0 bridgehead atoms. The molecule has 29 heavy (non-hydrogen) atoms. The second-order valence-electron chi connectivity index (χ2n) is 6.50. The molecule has 3 aromatic carbocycles. The number of carbonyl (C=O) groups is 1. The van der Waals surface area contributed by atoms with Crippen LogP contribution in [0.4, 0.5) is 0 Å². The van der Waals surface area contributed by atoms with Crippen LogP contribution in [-0.2, 0) is 6.61 Å². The molecule has 3 rings (SSSR count). The van der Waals surface area contributed by atoms with Gasteiger partial charge in [-0.15, -0.1) is 0 Å². The molecule has 0 atom stereocenters. The van der Waals surface area contributed by atoms with Gasteiger partial charge in [-0.3, -0.25) is 4.79 Å². The molecule has 0 heterocycles. The van der Waals surface area contributed by atoms with Gasteiger partial charge in [-0.05, 0) is 73.5 Å². The minimum atomic E-state index is -0.276. The van der Waals surface area contributed by atoms with Crippen molar-refractivity contribution in [3.8, 4) is 11.5 Å². The molecule has 1 amide bonds. The van der Waals surface area contributed by atoms with Crippen molar-refractivity contribution < 1.29 is 14.3 Å². The van der Waals surface area contributed by atoms with E-state index in [0.717, 1.165) is 22.6 Å². The fourth-order valence-electron chi connectivity index (χ4n) is 2.60. The SMILES string of the molecule is CCOc1ccc(C(=O)NN=Cc2ccc(OCc3ccc(C)cc3)cc2)cc1. The minimum absolute atomic E-state index is 0.276. The summed E-state index contributed by atoms with van der Waals surface area (Å²) in [5, 5.41) is 4.01. The Kier molecular flexibility index (Phi) is 7.00. The van der Waals surface area contributed by atoms with Crippen LogP contribution in [0.2, 0.25) is 0 Å². The molecule has 0 aliphatic rings. The average molecular weight is 388 g/mol. The number of amides is 1. The first-order valence-electron chi connectivity index (χ1n) is 9.48. The highest BCUT2D eigenvalue weighted by Crippen LogP contribution is 2.14. The molecular weight excluding hydrogens is 364 g/mol. The standard InChI is InChI=1S/C24H24N2O3/c1-3-28-22-14-10-21(11-15-22)24(27)26-25-16-19-8-12-23(13-9-19)29-17-20-6-4-18(2)5-7-20/h4-16H,3,17H2,1-2H3,(H,26,27). The van der Waals surface area contributed by atoms with Crippen molar-refractivity contribution in [2.24, 2.45) is 5.10 Å². The normalized spacial score (nSPS) is 10.7. The average Bonchev–Trinajstić information content (AvgIpc) is 2.75. The molecule has 0 fully saturated rings. The number of aryl methyl sites for hydroxylation is 1. The van der Waals surface area contributed by atoms with E-state index in [1.165, 1.54) is 5.56 Å². The van der Waals surface area contributed by atoms with E-state index >= 15 is 0 Å². The van der Waals surface area contributed by atoms with Crippen LogP contribution in [-0.4, -0.2) is 18.7 Å². The number of nitrogens with one attached hydrogen (secondary N) is 1. The predicted molar refractivity (Wildman–Crippen MR) is 115 cm³/mol. The third-order valence-electron chi connectivity index (χ3n) is 4.21. The lowest BCUT2D eigenvalue weighted by Crippen LogP contribution is -2.17. The highest BCUT2D eigenvalue weighted by atomic mass is 16.5. The van der Waals surface area contributed by atoms with Crippen molar-refractivity contribution in [2.75, 3.05) is 6.61 Å². The van der Waals surface area contributed by atoms with E-state index in [4.69, 9.17) is 9.47 Å². The number of hydrogen-bond acceptors (Lipinski definition) is 4. The van der Waals surface area contributed by atoms with Crippen LogP contribution in [0.5, 0.6) is 11.5 Å². The summed E-state index contributed by atoms with van der Waals surface area (Å²) < 4.78 is 11.2. The van der Waals surface area contributed by atoms with Gasteiger partial charge in [0, 0.05) is 5.56 Å². The van der Waals surface area contributed by atoms with E-state index in [-0.39, 0.29) is 5.91 Å². The summed E-state index contributed by atoms with van der Waals surface area (Å²) in [7, 11) is 0. The molecule has 0 radical (unpaired) electrons. The van der Waals surface area contributed by atoms with Crippen LogP contribution in [0.15, 0.2) is 77.9 Å². The third-order valence-corrected chi connectivity index (χ3v) is 4.21. The number of hydrogen-bond donors (Lipinski definition) is 1. The summed E-state index contributed by atoms with van der Waals surface area (Å²) in [6.07, 6.45) is 1.59. The number of rotatable bonds is 8. The van der Waals surface area contributed by atoms with Gasteiger partial charge in [0.25, 0.3) is 5.91 Å². The van der Waals surface area contributed by atoms with Gasteiger partial charge in [-0.2, -0.15) is 5.10 Å². The van der Waals surface area contributed by atoms with Crippen molar-refractivity contribution >= 4 is 12.1 Å². The lowest BCUT2D eigenvalue weighted by Gasteiger charge is -2.07. The molecule has 0 aromatic heterocycles. The number of carbonyl (C=O) groups excluding carboxylic acids is 1. The molecule has 0 unspecified atom stereocenters. The van der Waals surface area contributed by atoms with Gasteiger partial charge in [0.2, 0.25) is 0 Å². The summed E-state index contributed by atoms with van der Waals surface area (Å²) in [5.74, 6) is 1.24. The summed E-state index contributed by atoms with van der Waals surface area (Å²) in [6, 6.07) is 22.7. The monoisotopic (exact) mass is 388 g/mol. The molecule has 0 saturated heterocycles. The zero-order valence-electron chi connectivity index (χ0n) is 16.6. The number of nitrogens with zero attached hydrogens (tertiary/aromatic N) is 1. The Morgan fingerprint density at radius 3 is 2.17 bits per heavy atom. The third kappa shape index (κ3) is 6.21. The van der Waals surface area contributed by atoms with Crippen LogP contribution in [0.1, 0.15) is 34.0 Å². The topological polar surface area (TPSA) is 59.9 Å². The van der Waals surface area contributed by atoms with Crippen LogP contribution in [0.3, 0.4) is 0 Å². The van der Waals surface area contributed by atoms with Crippen molar-refractivity contribution in [3.05, 3.63) is 95.1 Å². The van der Waals surface area contributed by atoms with Crippen molar-refractivity contribution in [1.29, 1.82) is 0 Å². The Bertz CT molecular complexity index is 947. The summed E-state index contributed by atoms with van der Waals surface area (Å²) in [5.41, 5.74) is 6.25. The first kappa shape index (κ1) is 20.1. The lowest BCUT2D eigenvalue weighted by atomic mass is 10.2. The second-order valence-corrected chi connectivity index (χ2v) is 6.50. The summed E-state index contributed by atoms with van der Waals surface area (Å²) >= 11 is 0. The van der Waals surface area contributed by atoms with E-state index in [1.807, 2.05) is 31.2 Å². The molecule has 0 saturated carbocycles. The van der Waals surface area contributed by atoms with Gasteiger partial charge in [0.05, 0.1) is 12.8 Å². The van der Waals surface area contributed by atoms with E-state index in [0.29, 0.717) is 18.8 Å². The van der Waals surface area contributed by atoms with E-state index in [9.17, 15) is 4.79 Å². The maximum atomic E-state index is 12.1. The summed E-state index contributed by atoms with van der Waals surface area (Å²) in [4.78, 5) is 12.1. The molecule has 0 spiro atoms. The quantitative estimate of drug-likeness (QED) is 0.448. The largest absolute Gasteiger partial charge is 0.494 e. The summed E-state index contributed by atoms with van der Waals surface area (Å²) in [6.45, 7) is 5.08. The van der Waals surface area contributed by atoms with Crippen molar-refractivity contribution in [2.45, 2.75) is 20.5 Å². The van der Waals surface area contributed by atoms with Crippen LogP contribution in [0, 0.1) is 6.92 Å². The Morgan fingerprint density at radius 1 is 0.897 bits per heavy atom. The van der Waals surface area contributed by atoms with Gasteiger partial charge in [0.1, 0.15) is 18.1 Å². The Hall–Kier alpha value is -3.60.